The monoisotopic (exact) mass is 451 g/mol. The third-order valence-corrected chi connectivity index (χ3v) is 5.00. The lowest BCUT2D eigenvalue weighted by atomic mass is 10.0. The van der Waals surface area contributed by atoms with E-state index in [1.54, 1.807) is 36.4 Å². The van der Waals surface area contributed by atoms with Crippen molar-refractivity contribution >= 4 is 29.4 Å². The molecule has 0 N–H and O–H groups in total. The Kier molecular flexibility index (Phi) is 6.52. The predicted octanol–water partition coefficient (Wildman–Crippen LogP) is 5.80. The lowest BCUT2D eigenvalue weighted by Gasteiger charge is -2.15. The van der Waals surface area contributed by atoms with Crippen LogP contribution in [0.1, 0.15) is 23.6 Å². The highest BCUT2D eigenvalue weighted by atomic mass is 35.5. The highest BCUT2D eigenvalue weighted by molar-refractivity contribution is 6.33. The van der Waals surface area contributed by atoms with Crippen molar-refractivity contribution in [1.29, 1.82) is 0 Å². The molecule has 0 fully saturated rings. The summed E-state index contributed by atoms with van der Waals surface area (Å²) in [5, 5.41) is 4.18. The van der Waals surface area contributed by atoms with Gasteiger partial charge in [-0.05, 0) is 36.8 Å². The van der Waals surface area contributed by atoms with E-state index in [9.17, 15) is 9.18 Å². The Labute approximate surface area is 189 Å². The molecule has 1 heterocycles. The largest absolute Gasteiger partial charge is 0.490 e. The molecule has 0 radical (unpaired) electrons. The van der Waals surface area contributed by atoms with E-state index in [1.807, 2.05) is 37.3 Å². The maximum atomic E-state index is 13.9. The van der Waals surface area contributed by atoms with E-state index in [4.69, 9.17) is 25.9 Å². The van der Waals surface area contributed by atoms with Crippen molar-refractivity contribution in [3.8, 4) is 11.5 Å². The highest BCUT2D eigenvalue weighted by Crippen LogP contribution is 2.38. The zero-order valence-electron chi connectivity index (χ0n) is 17.2. The average Bonchev–Trinajstić information content (AvgIpc) is 3.15. The summed E-state index contributed by atoms with van der Waals surface area (Å²) in [6.07, 6.45) is 1.64. The van der Waals surface area contributed by atoms with Gasteiger partial charge in [-0.15, -0.1) is 0 Å². The van der Waals surface area contributed by atoms with E-state index in [0.717, 1.165) is 5.56 Å². The van der Waals surface area contributed by atoms with Gasteiger partial charge < -0.3 is 14.3 Å². The van der Waals surface area contributed by atoms with Crippen molar-refractivity contribution in [2.24, 2.45) is 5.16 Å². The van der Waals surface area contributed by atoms with Gasteiger partial charge in [0, 0.05) is 11.1 Å². The Hall–Kier alpha value is -3.64. The molecule has 0 spiro atoms. The van der Waals surface area contributed by atoms with Crippen LogP contribution < -0.4 is 9.47 Å². The fourth-order valence-corrected chi connectivity index (χ4v) is 3.49. The minimum atomic E-state index is -0.558. The Morgan fingerprint density at radius 3 is 2.56 bits per heavy atom. The maximum Gasteiger partial charge on any atom is 0.368 e. The van der Waals surface area contributed by atoms with Crippen molar-refractivity contribution in [3.05, 3.63) is 99.8 Å². The number of carbonyl (C=O) groups excluding carboxylic acids is 1. The van der Waals surface area contributed by atoms with Gasteiger partial charge in [0.15, 0.2) is 11.5 Å². The zero-order chi connectivity index (χ0) is 22.5. The molecule has 0 bridgehead atoms. The maximum absolute atomic E-state index is 13.9. The Morgan fingerprint density at radius 1 is 1.06 bits per heavy atom. The number of carbonyl (C=O) groups is 1. The molecule has 7 heteroatoms. The van der Waals surface area contributed by atoms with Crippen molar-refractivity contribution in [2.45, 2.75) is 13.5 Å². The van der Waals surface area contributed by atoms with Gasteiger partial charge in [0.1, 0.15) is 18.1 Å². The van der Waals surface area contributed by atoms with Gasteiger partial charge in [0.25, 0.3) is 0 Å². The average molecular weight is 452 g/mol. The Bertz CT molecular complexity index is 1210. The molecule has 0 unspecified atom stereocenters. The van der Waals surface area contributed by atoms with E-state index < -0.39 is 5.97 Å². The van der Waals surface area contributed by atoms with Crippen molar-refractivity contribution in [2.75, 3.05) is 6.61 Å². The summed E-state index contributed by atoms with van der Waals surface area (Å²) in [7, 11) is 0. The normalized spacial score (nSPS) is 14.3. The summed E-state index contributed by atoms with van der Waals surface area (Å²) in [6, 6.07) is 18.9. The fraction of sp³-hybridized carbons (Fsp3) is 0.120. The molecule has 0 saturated heterocycles. The van der Waals surface area contributed by atoms with E-state index in [2.05, 4.69) is 5.16 Å². The summed E-state index contributed by atoms with van der Waals surface area (Å²) in [6.45, 7) is 2.18. The first-order chi connectivity index (χ1) is 15.6. The molecular formula is C25H19ClFNO4. The lowest BCUT2D eigenvalue weighted by molar-refractivity contribution is -0.136. The topological polar surface area (TPSA) is 57.1 Å². The first kappa shape index (κ1) is 21.6. The van der Waals surface area contributed by atoms with Gasteiger partial charge in [-0.1, -0.05) is 65.3 Å². The zero-order valence-corrected chi connectivity index (χ0v) is 17.9. The molecule has 1 aliphatic heterocycles. The summed E-state index contributed by atoms with van der Waals surface area (Å²) >= 11 is 6.48. The second-order valence-corrected chi connectivity index (χ2v) is 7.29. The molecule has 0 aromatic heterocycles. The van der Waals surface area contributed by atoms with Crippen LogP contribution in [0.5, 0.6) is 11.5 Å². The molecule has 0 saturated carbocycles. The van der Waals surface area contributed by atoms with E-state index in [1.165, 1.54) is 6.07 Å². The minimum absolute atomic E-state index is 0.00988. The van der Waals surface area contributed by atoms with Gasteiger partial charge in [-0.2, -0.15) is 0 Å². The van der Waals surface area contributed by atoms with E-state index in [-0.39, 0.29) is 17.4 Å². The molecule has 0 amide bonds. The third kappa shape index (κ3) is 4.65. The Balaban J connectivity index is 1.66. The molecule has 5 nitrogen and oxygen atoms in total. The summed E-state index contributed by atoms with van der Waals surface area (Å²) in [5.74, 6) is -0.245. The molecule has 32 heavy (non-hydrogen) atoms. The number of ether oxygens (including phenoxy) is 2. The van der Waals surface area contributed by atoms with Crippen LogP contribution in [-0.2, 0) is 16.2 Å². The summed E-state index contributed by atoms with van der Waals surface area (Å²) < 4.78 is 25.4. The van der Waals surface area contributed by atoms with Crippen LogP contribution in [-0.4, -0.2) is 18.3 Å². The quantitative estimate of drug-likeness (QED) is 0.336. The third-order valence-electron chi connectivity index (χ3n) is 4.71. The number of halogens is 2. The standard InChI is InChI=1S/C25H19ClFNO4/c1-2-30-22-14-16(12-19-23(28-32-25(19)29)17-8-4-3-5-9-17)13-20(26)24(22)31-15-18-10-6-7-11-21(18)27/h3-14H,2,15H2,1H3/b19-12-. The summed E-state index contributed by atoms with van der Waals surface area (Å²) in [4.78, 5) is 17.2. The number of nitrogens with zero attached hydrogens (tertiary/aromatic N) is 1. The lowest BCUT2D eigenvalue weighted by Crippen LogP contribution is -2.07. The van der Waals surface area contributed by atoms with Gasteiger partial charge >= 0.3 is 5.97 Å². The smallest absolute Gasteiger partial charge is 0.368 e. The molecule has 162 valence electrons. The van der Waals surface area contributed by atoms with Crippen LogP contribution >= 0.6 is 11.6 Å². The van der Waals surface area contributed by atoms with Crippen molar-refractivity contribution in [3.63, 3.8) is 0 Å². The van der Waals surface area contributed by atoms with Gasteiger partial charge in [0.2, 0.25) is 0 Å². The Morgan fingerprint density at radius 2 is 1.81 bits per heavy atom. The minimum Gasteiger partial charge on any atom is -0.490 e. The molecular weight excluding hydrogens is 433 g/mol. The van der Waals surface area contributed by atoms with E-state index >= 15 is 0 Å². The molecule has 4 rings (SSSR count). The SMILES string of the molecule is CCOc1cc(/C=C2\C(=O)ON=C2c2ccccc2)cc(Cl)c1OCc1ccccc1F. The number of benzene rings is 3. The van der Waals surface area contributed by atoms with Crippen molar-refractivity contribution < 1.29 is 23.5 Å². The predicted molar refractivity (Wildman–Crippen MR) is 120 cm³/mol. The first-order valence-corrected chi connectivity index (χ1v) is 10.3. The van der Waals surface area contributed by atoms with Gasteiger partial charge in [0.05, 0.1) is 17.2 Å². The van der Waals surface area contributed by atoms with Crippen LogP contribution in [0.15, 0.2) is 77.5 Å². The number of hydrogen-bond acceptors (Lipinski definition) is 5. The van der Waals surface area contributed by atoms with Crippen LogP contribution in [0.3, 0.4) is 0 Å². The fourth-order valence-electron chi connectivity index (χ4n) is 3.22. The van der Waals surface area contributed by atoms with Crippen LogP contribution in [0, 0.1) is 5.82 Å². The molecule has 3 aromatic rings. The van der Waals surface area contributed by atoms with Crippen LogP contribution in [0.4, 0.5) is 4.39 Å². The molecule has 3 aromatic carbocycles. The van der Waals surface area contributed by atoms with Gasteiger partial charge in [-0.25, -0.2) is 9.18 Å². The van der Waals surface area contributed by atoms with Crippen molar-refractivity contribution in [1.82, 2.24) is 0 Å². The number of rotatable bonds is 7. The molecule has 1 aliphatic rings. The number of hydrogen-bond donors (Lipinski definition) is 0. The second kappa shape index (κ2) is 9.66. The van der Waals surface area contributed by atoms with Gasteiger partial charge in [-0.3, -0.25) is 0 Å². The first-order valence-electron chi connectivity index (χ1n) is 9.96. The number of oxime groups is 1. The second-order valence-electron chi connectivity index (χ2n) is 6.89. The molecule has 0 atom stereocenters. The van der Waals surface area contributed by atoms with Crippen LogP contribution in [0.25, 0.3) is 6.08 Å². The van der Waals surface area contributed by atoms with Crippen LogP contribution in [0.2, 0.25) is 5.02 Å². The summed E-state index contributed by atoms with van der Waals surface area (Å²) in [5.41, 5.74) is 2.49. The van der Waals surface area contributed by atoms with E-state index in [0.29, 0.717) is 40.5 Å². The molecule has 0 aliphatic carbocycles. The highest BCUT2D eigenvalue weighted by Gasteiger charge is 2.27.